The summed E-state index contributed by atoms with van der Waals surface area (Å²) in [6, 6.07) is 7.61. The van der Waals surface area contributed by atoms with Crippen LogP contribution in [0, 0.1) is 0 Å². The van der Waals surface area contributed by atoms with Gasteiger partial charge in [-0.05, 0) is 24.3 Å². The summed E-state index contributed by atoms with van der Waals surface area (Å²) in [5, 5.41) is 3.69. The SMILES string of the molecule is Clc1ccc(CNc2cccnc2Cl)s1. The standard InChI is InChI=1S/C10H8Cl2N2S/c11-9-4-3-7(15-9)6-14-8-2-1-5-13-10(8)12/h1-5,14H,6H2. The molecule has 0 radical (unpaired) electrons. The number of pyridine rings is 1. The maximum Gasteiger partial charge on any atom is 0.152 e. The van der Waals surface area contributed by atoms with Crippen molar-refractivity contribution in [3.63, 3.8) is 0 Å². The Kier molecular flexibility index (Phi) is 3.46. The molecule has 0 saturated carbocycles. The summed E-state index contributed by atoms with van der Waals surface area (Å²) < 4.78 is 0.795. The zero-order chi connectivity index (χ0) is 10.7. The van der Waals surface area contributed by atoms with Gasteiger partial charge >= 0.3 is 0 Å². The Hall–Kier alpha value is -0.770. The van der Waals surface area contributed by atoms with Crippen LogP contribution < -0.4 is 5.32 Å². The number of aromatic nitrogens is 1. The van der Waals surface area contributed by atoms with Gasteiger partial charge in [-0.25, -0.2) is 4.98 Å². The Morgan fingerprint density at radius 3 is 2.80 bits per heavy atom. The van der Waals surface area contributed by atoms with Gasteiger partial charge in [0.25, 0.3) is 0 Å². The normalized spacial score (nSPS) is 10.3. The highest BCUT2D eigenvalue weighted by atomic mass is 35.5. The molecule has 0 bridgehead atoms. The predicted octanol–water partition coefficient (Wildman–Crippen LogP) is 4.06. The molecule has 0 aliphatic heterocycles. The van der Waals surface area contributed by atoms with E-state index in [0.717, 1.165) is 10.0 Å². The first-order valence-corrected chi connectivity index (χ1v) is 5.91. The quantitative estimate of drug-likeness (QED) is 0.840. The number of thiophene rings is 1. The molecule has 0 spiro atoms. The number of halogens is 2. The molecule has 0 fully saturated rings. The molecule has 0 aliphatic rings. The molecular formula is C10H8Cl2N2S. The van der Waals surface area contributed by atoms with Crippen LogP contribution in [0.15, 0.2) is 30.5 Å². The van der Waals surface area contributed by atoms with Crippen LogP contribution in [-0.2, 0) is 6.54 Å². The molecule has 0 unspecified atom stereocenters. The average molecular weight is 259 g/mol. The van der Waals surface area contributed by atoms with Crippen molar-refractivity contribution in [1.29, 1.82) is 0 Å². The topological polar surface area (TPSA) is 24.9 Å². The van der Waals surface area contributed by atoms with Crippen LogP contribution >= 0.6 is 34.5 Å². The minimum atomic E-state index is 0.486. The lowest BCUT2D eigenvalue weighted by Crippen LogP contribution is -1.98. The fourth-order valence-corrected chi connectivity index (χ4v) is 2.36. The van der Waals surface area contributed by atoms with Crippen molar-refractivity contribution in [1.82, 2.24) is 4.98 Å². The second kappa shape index (κ2) is 4.84. The molecule has 78 valence electrons. The van der Waals surface area contributed by atoms with E-state index in [9.17, 15) is 0 Å². The van der Waals surface area contributed by atoms with E-state index in [0.29, 0.717) is 11.7 Å². The first kappa shape index (κ1) is 10.7. The van der Waals surface area contributed by atoms with Crippen LogP contribution in [0.3, 0.4) is 0 Å². The van der Waals surface area contributed by atoms with E-state index in [1.54, 1.807) is 17.5 Å². The molecule has 0 amide bonds. The second-order valence-electron chi connectivity index (χ2n) is 2.90. The van der Waals surface area contributed by atoms with E-state index in [4.69, 9.17) is 23.2 Å². The predicted molar refractivity (Wildman–Crippen MR) is 65.9 cm³/mol. The molecule has 15 heavy (non-hydrogen) atoms. The van der Waals surface area contributed by atoms with Crippen molar-refractivity contribution in [2.24, 2.45) is 0 Å². The maximum absolute atomic E-state index is 5.90. The van der Waals surface area contributed by atoms with Crippen LogP contribution in [0.1, 0.15) is 4.88 Å². The largest absolute Gasteiger partial charge is 0.378 e. The zero-order valence-corrected chi connectivity index (χ0v) is 10.0. The Bertz CT molecular complexity index is 456. The smallest absolute Gasteiger partial charge is 0.152 e. The van der Waals surface area contributed by atoms with Gasteiger partial charge < -0.3 is 5.32 Å². The summed E-state index contributed by atoms with van der Waals surface area (Å²) in [5.41, 5.74) is 0.837. The minimum Gasteiger partial charge on any atom is -0.378 e. The van der Waals surface area contributed by atoms with Gasteiger partial charge in [-0.15, -0.1) is 11.3 Å². The van der Waals surface area contributed by atoms with Crippen LogP contribution in [0.4, 0.5) is 5.69 Å². The van der Waals surface area contributed by atoms with Gasteiger partial charge in [-0.2, -0.15) is 0 Å². The van der Waals surface area contributed by atoms with E-state index in [1.165, 1.54) is 4.88 Å². The summed E-state index contributed by atoms with van der Waals surface area (Å²) in [7, 11) is 0. The number of hydrogen-bond donors (Lipinski definition) is 1. The molecule has 2 nitrogen and oxygen atoms in total. The molecule has 2 aromatic heterocycles. The molecule has 1 N–H and O–H groups in total. The lowest BCUT2D eigenvalue weighted by molar-refractivity contribution is 1.17. The van der Waals surface area contributed by atoms with Gasteiger partial charge in [0.05, 0.1) is 10.0 Å². The van der Waals surface area contributed by atoms with Crippen molar-refractivity contribution in [2.75, 3.05) is 5.32 Å². The number of anilines is 1. The fraction of sp³-hybridized carbons (Fsp3) is 0.100. The van der Waals surface area contributed by atoms with Gasteiger partial charge in [0.2, 0.25) is 0 Å². The Balaban J connectivity index is 2.02. The van der Waals surface area contributed by atoms with E-state index in [-0.39, 0.29) is 0 Å². The lowest BCUT2D eigenvalue weighted by Gasteiger charge is -2.05. The summed E-state index contributed by atoms with van der Waals surface area (Å²) in [4.78, 5) is 5.14. The number of rotatable bonds is 3. The third-order valence-electron chi connectivity index (χ3n) is 1.84. The molecular weight excluding hydrogens is 251 g/mol. The maximum atomic E-state index is 5.90. The number of nitrogens with one attached hydrogen (secondary N) is 1. The Morgan fingerprint density at radius 2 is 2.13 bits per heavy atom. The molecule has 0 atom stereocenters. The third-order valence-corrected chi connectivity index (χ3v) is 3.37. The number of nitrogens with zero attached hydrogens (tertiary/aromatic N) is 1. The molecule has 0 aromatic carbocycles. The molecule has 2 heterocycles. The zero-order valence-electron chi connectivity index (χ0n) is 7.71. The van der Waals surface area contributed by atoms with E-state index in [2.05, 4.69) is 10.3 Å². The molecule has 0 saturated heterocycles. The van der Waals surface area contributed by atoms with E-state index in [1.807, 2.05) is 24.3 Å². The van der Waals surface area contributed by atoms with Crippen molar-refractivity contribution in [3.8, 4) is 0 Å². The monoisotopic (exact) mass is 258 g/mol. The summed E-state index contributed by atoms with van der Waals surface area (Å²) in [6.07, 6.45) is 1.66. The fourth-order valence-electron chi connectivity index (χ4n) is 1.15. The summed E-state index contributed by atoms with van der Waals surface area (Å²) in [6.45, 7) is 0.711. The van der Waals surface area contributed by atoms with Gasteiger partial charge in [-0.3, -0.25) is 0 Å². The summed E-state index contributed by atoms with van der Waals surface area (Å²) >= 11 is 13.3. The minimum absolute atomic E-state index is 0.486. The second-order valence-corrected chi connectivity index (χ2v) is 5.06. The first-order chi connectivity index (χ1) is 7.25. The van der Waals surface area contributed by atoms with E-state index >= 15 is 0 Å². The van der Waals surface area contributed by atoms with Crippen LogP contribution in [0.25, 0.3) is 0 Å². The van der Waals surface area contributed by atoms with Crippen LogP contribution in [0.5, 0.6) is 0 Å². The lowest BCUT2D eigenvalue weighted by atomic mass is 10.4. The number of hydrogen-bond acceptors (Lipinski definition) is 3. The van der Waals surface area contributed by atoms with Crippen molar-refractivity contribution in [2.45, 2.75) is 6.54 Å². The highest BCUT2D eigenvalue weighted by Crippen LogP contribution is 2.23. The van der Waals surface area contributed by atoms with Crippen molar-refractivity contribution >= 4 is 40.2 Å². The molecule has 2 aromatic rings. The Labute approximate surface area is 102 Å². The van der Waals surface area contributed by atoms with Gasteiger partial charge in [0, 0.05) is 17.6 Å². The Morgan fingerprint density at radius 1 is 1.27 bits per heavy atom. The van der Waals surface area contributed by atoms with Gasteiger partial charge in [0.1, 0.15) is 0 Å². The highest BCUT2D eigenvalue weighted by molar-refractivity contribution is 7.16. The molecule has 0 aliphatic carbocycles. The van der Waals surface area contributed by atoms with Crippen molar-refractivity contribution in [3.05, 3.63) is 44.8 Å². The molecule has 2 rings (SSSR count). The van der Waals surface area contributed by atoms with Crippen molar-refractivity contribution < 1.29 is 0 Å². The van der Waals surface area contributed by atoms with Gasteiger partial charge in [-0.1, -0.05) is 23.2 Å². The summed E-state index contributed by atoms with van der Waals surface area (Å²) in [5.74, 6) is 0. The first-order valence-electron chi connectivity index (χ1n) is 4.34. The average Bonchev–Trinajstić information content (AvgIpc) is 2.63. The van der Waals surface area contributed by atoms with Crippen LogP contribution in [0.2, 0.25) is 9.49 Å². The van der Waals surface area contributed by atoms with Crippen LogP contribution in [-0.4, -0.2) is 4.98 Å². The van der Waals surface area contributed by atoms with Gasteiger partial charge in [0.15, 0.2) is 5.15 Å². The third kappa shape index (κ3) is 2.84. The van der Waals surface area contributed by atoms with E-state index < -0.39 is 0 Å². The highest BCUT2D eigenvalue weighted by Gasteiger charge is 2.01. The molecule has 5 heteroatoms.